The Kier molecular flexibility index (Phi) is 5.71. The molecule has 6 nitrogen and oxygen atoms in total. The van der Waals surface area contributed by atoms with Gasteiger partial charge < -0.3 is 10.1 Å². The number of hydrogen-bond donors (Lipinski definition) is 1. The molecule has 1 N–H and O–H groups in total. The topological polar surface area (TPSA) is 73.2 Å². The van der Waals surface area contributed by atoms with E-state index in [2.05, 4.69) is 10.4 Å². The molecule has 8 heteroatoms. The summed E-state index contributed by atoms with van der Waals surface area (Å²) in [5.41, 5.74) is 0.454. The number of nitrogens with one attached hydrogen (secondary N) is 1. The third-order valence-electron chi connectivity index (χ3n) is 3.43. The summed E-state index contributed by atoms with van der Waals surface area (Å²) < 4.78 is 19.6. The Morgan fingerprint density at radius 2 is 1.85 bits per heavy atom. The van der Waals surface area contributed by atoms with Gasteiger partial charge in [0.2, 0.25) is 0 Å². The van der Waals surface area contributed by atoms with Crippen molar-refractivity contribution in [1.82, 2.24) is 15.1 Å². The average Bonchev–Trinajstić information content (AvgIpc) is 2.81. The van der Waals surface area contributed by atoms with Crippen LogP contribution in [-0.2, 0) is 9.53 Å². The highest BCUT2D eigenvalue weighted by Gasteiger charge is 2.27. The molecule has 0 aliphatic carbocycles. The monoisotopic (exact) mass is 381 g/mol. The van der Waals surface area contributed by atoms with Crippen molar-refractivity contribution in [2.45, 2.75) is 46.3 Å². The second kappa shape index (κ2) is 7.45. The summed E-state index contributed by atoms with van der Waals surface area (Å²) >= 11 is 6.27. The van der Waals surface area contributed by atoms with Gasteiger partial charge in [-0.2, -0.15) is 5.10 Å². The molecule has 2 aromatic rings. The number of halogens is 2. The largest absolute Gasteiger partial charge is 0.449 e. The van der Waals surface area contributed by atoms with Crippen LogP contribution in [0.5, 0.6) is 0 Å². The van der Waals surface area contributed by atoms with Crippen molar-refractivity contribution in [2.75, 3.05) is 0 Å². The van der Waals surface area contributed by atoms with Crippen molar-refractivity contribution in [3.8, 4) is 5.69 Å². The third-order valence-corrected chi connectivity index (χ3v) is 3.78. The van der Waals surface area contributed by atoms with Crippen LogP contribution in [0.3, 0.4) is 0 Å². The molecule has 0 spiro atoms. The molecule has 0 radical (unpaired) electrons. The van der Waals surface area contributed by atoms with Crippen LogP contribution in [0.2, 0.25) is 5.15 Å². The number of aryl methyl sites for hydroxylation is 1. The summed E-state index contributed by atoms with van der Waals surface area (Å²) in [6, 6.07) is 5.50. The van der Waals surface area contributed by atoms with Crippen molar-refractivity contribution in [2.24, 2.45) is 0 Å². The van der Waals surface area contributed by atoms with E-state index in [1.165, 1.54) is 35.9 Å². The number of benzene rings is 1. The van der Waals surface area contributed by atoms with Crippen molar-refractivity contribution < 1.29 is 18.7 Å². The van der Waals surface area contributed by atoms with Crippen LogP contribution in [-0.4, -0.2) is 33.3 Å². The van der Waals surface area contributed by atoms with E-state index in [0.29, 0.717) is 11.4 Å². The van der Waals surface area contributed by atoms with E-state index in [-0.39, 0.29) is 10.7 Å². The molecule has 0 aliphatic heterocycles. The number of amides is 1. The quantitative estimate of drug-likeness (QED) is 0.823. The fourth-order valence-corrected chi connectivity index (χ4v) is 2.58. The van der Waals surface area contributed by atoms with Crippen molar-refractivity contribution in [3.63, 3.8) is 0 Å². The Balaban J connectivity index is 2.22. The molecule has 0 fully saturated rings. The summed E-state index contributed by atoms with van der Waals surface area (Å²) in [7, 11) is 0. The van der Waals surface area contributed by atoms with Gasteiger partial charge in [0, 0.05) is 5.54 Å². The zero-order chi connectivity index (χ0) is 19.6. The minimum absolute atomic E-state index is 0.0301. The second-order valence-electron chi connectivity index (χ2n) is 6.93. The maximum Gasteiger partial charge on any atom is 0.344 e. The Hall–Kier alpha value is -2.41. The van der Waals surface area contributed by atoms with Gasteiger partial charge in [-0.05, 0) is 58.9 Å². The zero-order valence-electron chi connectivity index (χ0n) is 15.3. The number of rotatable bonds is 4. The van der Waals surface area contributed by atoms with Crippen molar-refractivity contribution in [1.29, 1.82) is 0 Å². The van der Waals surface area contributed by atoms with Crippen LogP contribution >= 0.6 is 11.6 Å². The number of aromatic nitrogens is 2. The Morgan fingerprint density at radius 1 is 1.27 bits per heavy atom. The van der Waals surface area contributed by atoms with E-state index in [9.17, 15) is 14.0 Å². The fraction of sp³-hybridized carbons (Fsp3) is 0.389. The second-order valence-corrected chi connectivity index (χ2v) is 7.28. The first-order valence-corrected chi connectivity index (χ1v) is 8.41. The standard InChI is InChI=1S/C18H21ClFN3O3/c1-10-14(17(25)26-11(2)16(24)21-18(3,4)5)15(19)23(22-10)13-8-6-12(20)7-9-13/h6-9,11H,1-5H3,(H,21,24)/t11-/m1/s1. The lowest BCUT2D eigenvalue weighted by atomic mass is 10.1. The number of carbonyl (C=O) groups excluding carboxylic acids is 2. The smallest absolute Gasteiger partial charge is 0.344 e. The summed E-state index contributed by atoms with van der Waals surface area (Å²) in [5.74, 6) is -1.56. The van der Waals surface area contributed by atoms with Gasteiger partial charge in [-0.3, -0.25) is 4.79 Å². The third kappa shape index (κ3) is 4.60. The fourth-order valence-electron chi connectivity index (χ4n) is 2.23. The highest BCUT2D eigenvalue weighted by atomic mass is 35.5. The van der Waals surface area contributed by atoms with Crippen LogP contribution in [0.1, 0.15) is 43.7 Å². The highest BCUT2D eigenvalue weighted by Crippen LogP contribution is 2.25. The number of hydrogen-bond acceptors (Lipinski definition) is 4. The highest BCUT2D eigenvalue weighted by molar-refractivity contribution is 6.33. The molecule has 1 aromatic heterocycles. The molecule has 26 heavy (non-hydrogen) atoms. The molecule has 0 aliphatic rings. The number of nitrogens with zero attached hydrogens (tertiary/aromatic N) is 2. The molecule has 140 valence electrons. The van der Waals surface area contributed by atoms with Gasteiger partial charge in [0.1, 0.15) is 16.5 Å². The normalized spacial score (nSPS) is 12.6. The maximum atomic E-state index is 13.1. The van der Waals surface area contributed by atoms with Crippen LogP contribution in [0.25, 0.3) is 5.69 Å². The van der Waals surface area contributed by atoms with E-state index >= 15 is 0 Å². The first-order chi connectivity index (χ1) is 12.0. The number of ether oxygens (including phenoxy) is 1. The summed E-state index contributed by atoms with van der Waals surface area (Å²) in [6.07, 6.45) is -0.994. The van der Waals surface area contributed by atoms with Gasteiger partial charge in [0.05, 0.1) is 11.4 Å². The minimum atomic E-state index is -0.994. The lowest BCUT2D eigenvalue weighted by Gasteiger charge is -2.23. The molecular weight excluding hydrogens is 361 g/mol. The minimum Gasteiger partial charge on any atom is -0.449 e. The number of carbonyl (C=O) groups is 2. The van der Waals surface area contributed by atoms with E-state index in [4.69, 9.17) is 16.3 Å². The number of esters is 1. The summed E-state index contributed by atoms with van der Waals surface area (Å²) in [4.78, 5) is 24.5. The maximum absolute atomic E-state index is 13.1. The summed E-state index contributed by atoms with van der Waals surface area (Å²) in [5, 5.41) is 6.97. The lowest BCUT2D eigenvalue weighted by Crippen LogP contribution is -2.46. The predicted octanol–water partition coefficient (Wildman–Crippen LogP) is 3.43. The Morgan fingerprint density at radius 3 is 2.38 bits per heavy atom. The first-order valence-electron chi connectivity index (χ1n) is 8.03. The van der Waals surface area contributed by atoms with E-state index in [1.807, 2.05) is 20.8 Å². The molecule has 0 saturated carbocycles. The van der Waals surface area contributed by atoms with Gasteiger partial charge in [-0.25, -0.2) is 13.9 Å². The molecule has 0 bridgehead atoms. The SMILES string of the molecule is Cc1nn(-c2ccc(F)cc2)c(Cl)c1C(=O)O[C@H](C)C(=O)NC(C)(C)C. The summed E-state index contributed by atoms with van der Waals surface area (Å²) in [6.45, 7) is 8.56. The molecular formula is C18H21ClFN3O3. The first kappa shape index (κ1) is 19.9. The van der Waals surface area contributed by atoms with Gasteiger partial charge in [0.25, 0.3) is 5.91 Å². The van der Waals surface area contributed by atoms with Gasteiger partial charge in [-0.1, -0.05) is 11.6 Å². The Labute approximate surface area is 156 Å². The van der Waals surface area contributed by atoms with Gasteiger partial charge in [0.15, 0.2) is 6.10 Å². The van der Waals surface area contributed by atoms with Crippen LogP contribution < -0.4 is 5.32 Å². The van der Waals surface area contributed by atoms with Crippen molar-refractivity contribution >= 4 is 23.5 Å². The Bertz CT molecular complexity index is 825. The molecule has 0 saturated heterocycles. The lowest BCUT2D eigenvalue weighted by molar-refractivity contribution is -0.130. The van der Waals surface area contributed by atoms with Gasteiger partial charge >= 0.3 is 5.97 Å². The van der Waals surface area contributed by atoms with E-state index in [0.717, 1.165) is 0 Å². The van der Waals surface area contributed by atoms with Crippen molar-refractivity contribution in [3.05, 3.63) is 46.5 Å². The zero-order valence-corrected chi connectivity index (χ0v) is 16.0. The predicted molar refractivity (Wildman–Crippen MR) is 96.0 cm³/mol. The average molecular weight is 382 g/mol. The molecule has 1 heterocycles. The van der Waals surface area contributed by atoms with Gasteiger partial charge in [-0.15, -0.1) is 0 Å². The molecule has 1 aromatic carbocycles. The van der Waals surface area contributed by atoms with Crippen LogP contribution in [0.15, 0.2) is 24.3 Å². The molecule has 1 amide bonds. The van der Waals surface area contributed by atoms with Crippen LogP contribution in [0.4, 0.5) is 4.39 Å². The molecule has 1 atom stereocenters. The van der Waals surface area contributed by atoms with E-state index in [1.54, 1.807) is 6.92 Å². The van der Waals surface area contributed by atoms with E-state index < -0.39 is 29.3 Å². The van der Waals surface area contributed by atoms with Crippen LogP contribution in [0, 0.1) is 12.7 Å². The molecule has 0 unspecified atom stereocenters. The molecule has 2 rings (SSSR count).